The molecule has 1 N–H and O–H groups in total. The molecule has 1 aromatic heterocycles. The van der Waals surface area contributed by atoms with Crippen LogP contribution in [0.25, 0.3) is 0 Å². The molecule has 0 radical (unpaired) electrons. The van der Waals surface area contributed by atoms with Gasteiger partial charge in [0.05, 0.1) is 6.07 Å². The first kappa shape index (κ1) is 16.8. The summed E-state index contributed by atoms with van der Waals surface area (Å²) < 4.78 is 0. The average Bonchev–Trinajstić information content (AvgIpc) is 2.99. The van der Waals surface area contributed by atoms with Gasteiger partial charge in [-0.05, 0) is 45.6 Å². The summed E-state index contributed by atoms with van der Waals surface area (Å²) in [5.74, 6) is 0.685. The summed E-state index contributed by atoms with van der Waals surface area (Å²) in [5.41, 5.74) is 2.37. The molecule has 2 aliphatic rings. The van der Waals surface area contributed by atoms with Crippen LogP contribution in [0.5, 0.6) is 0 Å². The van der Waals surface area contributed by atoms with Crippen LogP contribution in [-0.2, 0) is 4.79 Å². The van der Waals surface area contributed by atoms with E-state index in [0.717, 1.165) is 44.8 Å². The summed E-state index contributed by atoms with van der Waals surface area (Å²) in [7, 11) is 0. The van der Waals surface area contributed by atoms with Crippen LogP contribution in [-0.4, -0.2) is 51.5 Å². The molecule has 1 aromatic rings. The predicted octanol–water partition coefficient (Wildman–Crippen LogP) is 1.29. The van der Waals surface area contributed by atoms with Gasteiger partial charge in [-0.3, -0.25) is 4.79 Å². The lowest BCUT2D eigenvalue weighted by molar-refractivity contribution is -0.127. The molecule has 128 valence electrons. The molecule has 0 aliphatic carbocycles. The van der Waals surface area contributed by atoms with Crippen LogP contribution in [0.3, 0.4) is 0 Å². The fourth-order valence-corrected chi connectivity index (χ4v) is 3.62. The van der Waals surface area contributed by atoms with Crippen LogP contribution in [0.1, 0.15) is 39.5 Å². The molecule has 7 nitrogen and oxygen atoms in total. The van der Waals surface area contributed by atoms with Gasteiger partial charge in [0.2, 0.25) is 5.95 Å². The smallest absolute Gasteiger partial charge is 0.225 e. The molecule has 2 saturated heterocycles. The van der Waals surface area contributed by atoms with Gasteiger partial charge in [-0.15, -0.1) is 0 Å². The second-order valence-electron chi connectivity index (χ2n) is 6.99. The van der Waals surface area contributed by atoms with Crippen LogP contribution in [0, 0.1) is 11.3 Å². The van der Waals surface area contributed by atoms with Crippen molar-refractivity contribution in [2.75, 3.05) is 24.5 Å². The highest BCUT2D eigenvalue weighted by Gasteiger charge is 2.48. The molecule has 0 aromatic carbocycles. The van der Waals surface area contributed by atoms with Crippen LogP contribution in [0.2, 0.25) is 0 Å². The number of rotatable bonds is 4. The quantitative estimate of drug-likeness (QED) is 0.891. The predicted molar refractivity (Wildman–Crippen MR) is 90.0 cm³/mol. The molecule has 24 heavy (non-hydrogen) atoms. The Labute approximate surface area is 142 Å². The number of nitriles is 1. The van der Waals surface area contributed by atoms with E-state index in [0.29, 0.717) is 6.42 Å². The molecule has 0 bridgehead atoms. The molecular weight excluding hydrogens is 304 g/mol. The van der Waals surface area contributed by atoms with Gasteiger partial charge < -0.3 is 4.90 Å². The number of ketones is 1. The minimum Gasteiger partial charge on any atom is -0.341 e. The Bertz CT molecular complexity index is 634. The van der Waals surface area contributed by atoms with Crippen LogP contribution in [0.4, 0.5) is 5.95 Å². The summed E-state index contributed by atoms with van der Waals surface area (Å²) in [6.07, 6.45) is 6.79. The van der Waals surface area contributed by atoms with E-state index in [1.807, 2.05) is 11.1 Å². The van der Waals surface area contributed by atoms with E-state index >= 15 is 0 Å². The van der Waals surface area contributed by atoms with E-state index in [-0.39, 0.29) is 11.3 Å². The average molecular weight is 328 g/mol. The van der Waals surface area contributed by atoms with E-state index in [2.05, 4.69) is 33.3 Å². The van der Waals surface area contributed by atoms with Gasteiger partial charge in [-0.1, -0.05) is 0 Å². The van der Waals surface area contributed by atoms with Crippen molar-refractivity contribution in [1.29, 1.82) is 5.26 Å². The van der Waals surface area contributed by atoms with Gasteiger partial charge in [0, 0.05) is 37.6 Å². The first-order valence-corrected chi connectivity index (χ1v) is 8.49. The van der Waals surface area contributed by atoms with Crippen molar-refractivity contribution in [2.45, 2.75) is 50.6 Å². The third kappa shape index (κ3) is 2.99. The third-order valence-corrected chi connectivity index (χ3v) is 5.26. The van der Waals surface area contributed by atoms with Crippen molar-refractivity contribution in [3.63, 3.8) is 0 Å². The van der Waals surface area contributed by atoms with Crippen molar-refractivity contribution in [2.24, 2.45) is 0 Å². The number of Topliss-reactive ketones (excluding diaryl/α,β-unsaturated/α-hetero) is 1. The number of aromatic nitrogens is 2. The molecule has 0 spiro atoms. The Balaban J connectivity index is 1.66. The first-order valence-electron chi connectivity index (χ1n) is 8.49. The van der Waals surface area contributed by atoms with Gasteiger partial charge in [-0.2, -0.15) is 5.26 Å². The summed E-state index contributed by atoms with van der Waals surface area (Å²) in [5, 5.41) is 11.5. The number of hydrogen-bond donors (Lipinski definition) is 1. The maximum Gasteiger partial charge on any atom is 0.225 e. The molecule has 2 fully saturated rings. The Morgan fingerprint density at radius 1 is 1.25 bits per heavy atom. The topological polar surface area (TPSA) is 85.2 Å². The summed E-state index contributed by atoms with van der Waals surface area (Å²) >= 11 is 0. The zero-order valence-electron chi connectivity index (χ0n) is 14.3. The first-order chi connectivity index (χ1) is 11.5. The van der Waals surface area contributed by atoms with E-state index in [1.165, 1.54) is 6.92 Å². The highest BCUT2D eigenvalue weighted by molar-refractivity contribution is 5.89. The molecule has 0 unspecified atom stereocenters. The van der Waals surface area contributed by atoms with Crippen LogP contribution < -0.4 is 10.3 Å². The lowest BCUT2D eigenvalue weighted by Crippen LogP contribution is -2.63. The highest BCUT2D eigenvalue weighted by Crippen LogP contribution is 2.32. The molecule has 0 amide bonds. The zero-order chi connectivity index (χ0) is 17.2. The number of nitrogens with zero attached hydrogens (tertiary/aromatic N) is 5. The normalized spacial score (nSPS) is 27.0. The second-order valence-corrected chi connectivity index (χ2v) is 6.99. The van der Waals surface area contributed by atoms with Gasteiger partial charge in [0.25, 0.3) is 0 Å². The summed E-state index contributed by atoms with van der Waals surface area (Å²) in [4.78, 5) is 22.9. The SMILES string of the molecule is CC(=O)[C@@]1(C#N)CCCN1NC1(C)CCN(c2ncccn2)CC1. The van der Waals surface area contributed by atoms with Crippen molar-refractivity contribution in [1.82, 2.24) is 20.4 Å². The molecule has 3 heterocycles. The highest BCUT2D eigenvalue weighted by atomic mass is 16.1. The molecular formula is C17H24N6O. The van der Waals surface area contributed by atoms with Crippen LogP contribution in [0.15, 0.2) is 18.5 Å². The number of hydrogen-bond acceptors (Lipinski definition) is 7. The Morgan fingerprint density at radius 3 is 2.50 bits per heavy atom. The lowest BCUT2D eigenvalue weighted by atomic mass is 9.89. The number of anilines is 1. The number of hydrazine groups is 1. The van der Waals surface area contributed by atoms with Gasteiger partial charge >= 0.3 is 0 Å². The lowest BCUT2D eigenvalue weighted by Gasteiger charge is -2.44. The summed E-state index contributed by atoms with van der Waals surface area (Å²) in [6.45, 7) is 6.11. The van der Waals surface area contributed by atoms with E-state index in [4.69, 9.17) is 0 Å². The monoisotopic (exact) mass is 328 g/mol. The summed E-state index contributed by atoms with van der Waals surface area (Å²) in [6, 6.07) is 4.07. The largest absolute Gasteiger partial charge is 0.341 e. The Hall–Kier alpha value is -2.04. The molecule has 0 saturated carbocycles. The van der Waals surface area contributed by atoms with E-state index in [1.54, 1.807) is 12.4 Å². The minimum absolute atomic E-state index is 0.0753. The fourth-order valence-electron chi connectivity index (χ4n) is 3.62. The third-order valence-electron chi connectivity index (χ3n) is 5.26. The van der Waals surface area contributed by atoms with Crippen molar-refractivity contribution in [3.8, 4) is 6.07 Å². The molecule has 7 heteroatoms. The number of carbonyl (C=O) groups excluding carboxylic acids is 1. The van der Waals surface area contributed by atoms with Crippen molar-refractivity contribution in [3.05, 3.63) is 18.5 Å². The standard InChI is InChI=1S/C17H24N6O/c1-14(24)17(13-18)5-3-10-23(17)21-16(2)6-11-22(12-7-16)15-19-8-4-9-20-15/h4,8-9,21H,3,5-7,10-12H2,1-2H3/t17-/m0/s1. The number of carbonyl (C=O) groups is 1. The number of piperidine rings is 1. The Kier molecular flexibility index (Phi) is 4.52. The molecule has 1 atom stereocenters. The Morgan fingerprint density at radius 2 is 1.92 bits per heavy atom. The van der Waals surface area contributed by atoms with Gasteiger partial charge in [0.1, 0.15) is 0 Å². The van der Waals surface area contributed by atoms with Gasteiger partial charge in [0.15, 0.2) is 11.3 Å². The van der Waals surface area contributed by atoms with Crippen molar-refractivity contribution >= 4 is 11.7 Å². The fraction of sp³-hybridized carbons (Fsp3) is 0.647. The van der Waals surface area contributed by atoms with Crippen molar-refractivity contribution < 1.29 is 4.79 Å². The zero-order valence-corrected chi connectivity index (χ0v) is 14.3. The second kappa shape index (κ2) is 6.46. The van der Waals surface area contributed by atoms with E-state index in [9.17, 15) is 10.1 Å². The maximum atomic E-state index is 12.1. The molecule has 2 aliphatic heterocycles. The number of nitrogens with one attached hydrogen (secondary N) is 1. The van der Waals surface area contributed by atoms with E-state index < -0.39 is 5.54 Å². The van der Waals surface area contributed by atoms with Gasteiger partial charge in [-0.25, -0.2) is 20.4 Å². The molecule has 3 rings (SSSR count). The van der Waals surface area contributed by atoms with Crippen LogP contribution >= 0.6 is 0 Å². The maximum absolute atomic E-state index is 12.1. The minimum atomic E-state index is -1.01.